The maximum Gasteiger partial charge on any atom is 0.287 e. The first-order chi connectivity index (χ1) is 11.3. The largest absolute Gasteiger partial charge is 0.443 e. The number of rotatable bonds is 2. The first-order valence-electron chi connectivity index (χ1n) is 8.02. The maximum absolute atomic E-state index is 12.3. The third-order valence-electron chi connectivity index (χ3n) is 4.55. The van der Waals surface area contributed by atoms with Gasteiger partial charge in [0.25, 0.3) is 5.91 Å². The highest BCUT2D eigenvalue weighted by atomic mass is 16.3. The molecule has 2 N–H and O–H groups in total. The molecule has 2 fully saturated rings. The minimum atomic E-state index is -0.155. The summed E-state index contributed by atoms with van der Waals surface area (Å²) in [5, 5.41) is 6.58. The molecule has 4 nitrogen and oxygen atoms in total. The van der Waals surface area contributed by atoms with Crippen LogP contribution < -0.4 is 10.6 Å². The van der Waals surface area contributed by atoms with Crippen molar-refractivity contribution in [1.29, 1.82) is 0 Å². The van der Waals surface area contributed by atoms with E-state index >= 15 is 0 Å². The molecule has 2 saturated heterocycles. The third kappa shape index (κ3) is 3.01. The Morgan fingerprint density at radius 2 is 2.00 bits per heavy atom. The quantitative estimate of drug-likeness (QED) is 0.837. The third-order valence-corrected chi connectivity index (χ3v) is 4.55. The van der Waals surface area contributed by atoms with Gasteiger partial charge in [-0.05, 0) is 49.4 Å². The van der Waals surface area contributed by atoms with Gasteiger partial charge in [-0.3, -0.25) is 4.79 Å². The summed E-state index contributed by atoms with van der Waals surface area (Å²) in [7, 11) is 0. The number of carbonyl (C=O) groups excluding carboxylic acids is 1. The van der Waals surface area contributed by atoms with Crippen LogP contribution in [0.5, 0.6) is 0 Å². The van der Waals surface area contributed by atoms with Crippen molar-refractivity contribution in [3.63, 3.8) is 0 Å². The van der Waals surface area contributed by atoms with E-state index in [2.05, 4.69) is 22.5 Å². The van der Waals surface area contributed by atoms with Gasteiger partial charge >= 0.3 is 0 Å². The van der Waals surface area contributed by atoms with Gasteiger partial charge in [-0.15, -0.1) is 0 Å². The summed E-state index contributed by atoms with van der Waals surface area (Å²) < 4.78 is 5.55. The predicted molar refractivity (Wildman–Crippen MR) is 86.9 cm³/mol. The fraction of sp³-hybridized carbons (Fsp3) is 0.316. The van der Waals surface area contributed by atoms with Crippen LogP contribution in [0.25, 0.3) is 0 Å². The predicted octanol–water partition coefficient (Wildman–Crippen LogP) is 2.30. The van der Waals surface area contributed by atoms with Gasteiger partial charge in [0.1, 0.15) is 0 Å². The number of carbonyl (C=O) groups is 1. The number of hydrogen-bond donors (Lipinski definition) is 2. The molecule has 3 unspecified atom stereocenters. The lowest BCUT2D eigenvalue weighted by Crippen LogP contribution is -2.42. The van der Waals surface area contributed by atoms with Gasteiger partial charge in [-0.1, -0.05) is 24.1 Å². The van der Waals surface area contributed by atoms with Crippen molar-refractivity contribution in [2.45, 2.75) is 37.4 Å². The average Bonchev–Trinajstić information content (AvgIpc) is 3.30. The number of nitrogens with one attached hydrogen (secondary N) is 2. The van der Waals surface area contributed by atoms with Crippen molar-refractivity contribution >= 4 is 5.91 Å². The standard InChI is InChI=1S/C19H18N2O2/c22-19(21-17-12-14-7-10-16(17)20-14)18-11-9-15(23-18)8-6-13-4-2-1-3-5-13/h1-5,9,11,14,16-17,20H,7,10,12H2,(H,21,22). The van der Waals surface area contributed by atoms with Crippen LogP contribution in [0.4, 0.5) is 0 Å². The van der Waals surface area contributed by atoms with Crippen LogP contribution in [0.1, 0.15) is 41.1 Å². The second-order valence-electron chi connectivity index (χ2n) is 6.14. The van der Waals surface area contributed by atoms with Crippen molar-refractivity contribution < 1.29 is 9.21 Å². The fourth-order valence-electron chi connectivity index (χ4n) is 3.41. The molecule has 23 heavy (non-hydrogen) atoms. The summed E-state index contributed by atoms with van der Waals surface area (Å²) in [6, 6.07) is 14.3. The van der Waals surface area contributed by atoms with Gasteiger partial charge in [-0.25, -0.2) is 0 Å². The fourth-order valence-corrected chi connectivity index (χ4v) is 3.41. The van der Waals surface area contributed by atoms with Crippen LogP contribution in [0.15, 0.2) is 46.9 Å². The highest BCUT2D eigenvalue weighted by Crippen LogP contribution is 2.28. The molecule has 1 amide bonds. The molecular formula is C19H18N2O2. The van der Waals surface area contributed by atoms with E-state index < -0.39 is 0 Å². The summed E-state index contributed by atoms with van der Waals surface area (Å²) >= 11 is 0. The van der Waals surface area contributed by atoms with E-state index in [4.69, 9.17) is 4.42 Å². The summed E-state index contributed by atoms with van der Waals surface area (Å²) in [6.45, 7) is 0. The molecule has 1 aromatic carbocycles. The zero-order valence-corrected chi connectivity index (χ0v) is 12.7. The number of furan rings is 1. The Hall–Kier alpha value is -2.51. The Labute approximate surface area is 135 Å². The monoisotopic (exact) mass is 306 g/mol. The van der Waals surface area contributed by atoms with Crippen LogP contribution in [-0.2, 0) is 0 Å². The molecule has 2 aliphatic heterocycles. The van der Waals surface area contributed by atoms with Crippen LogP contribution >= 0.6 is 0 Å². The highest BCUT2D eigenvalue weighted by Gasteiger charge is 2.39. The first kappa shape index (κ1) is 14.1. The average molecular weight is 306 g/mol. The van der Waals surface area contributed by atoms with Crippen LogP contribution in [0, 0.1) is 11.8 Å². The van der Waals surface area contributed by atoms with Crippen molar-refractivity contribution in [2.75, 3.05) is 0 Å². The molecule has 116 valence electrons. The van der Waals surface area contributed by atoms with E-state index in [9.17, 15) is 4.79 Å². The minimum absolute atomic E-state index is 0.155. The topological polar surface area (TPSA) is 54.3 Å². The molecule has 2 bridgehead atoms. The SMILES string of the molecule is O=C(NC1CC2CCC1N2)c1ccc(C#Cc2ccccc2)o1. The van der Waals surface area contributed by atoms with Gasteiger partial charge < -0.3 is 15.1 Å². The Balaban J connectivity index is 1.41. The molecule has 0 saturated carbocycles. The van der Waals surface area contributed by atoms with Gasteiger partial charge in [0.05, 0.1) is 0 Å². The molecule has 2 aromatic rings. The number of fused-ring (bicyclic) bond motifs is 2. The second-order valence-corrected chi connectivity index (χ2v) is 6.14. The lowest BCUT2D eigenvalue weighted by molar-refractivity contribution is 0.0902. The molecule has 2 aliphatic rings. The van der Waals surface area contributed by atoms with E-state index in [-0.39, 0.29) is 11.9 Å². The van der Waals surface area contributed by atoms with E-state index in [0.717, 1.165) is 18.4 Å². The molecule has 3 atom stereocenters. The lowest BCUT2D eigenvalue weighted by atomic mass is 9.95. The zero-order chi connectivity index (χ0) is 15.6. The van der Waals surface area contributed by atoms with Crippen LogP contribution in [0.2, 0.25) is 0 Å². The molecule has 3 heterocycles. The van der Waals surface area contributed by atoms with Gasteiger partial charge in [0.15, 0.2) is 11.5 Å². The molecular weight excluding hydrogens is 288 g/mol. The van der Waals surface area contributed by atoms with E-state index in [1.54, 1.807) is 12.1 Å². The smallest absolute Gasteiger partial charge is 0.287 e. The van der Waals surface area contributed by atoms with E-state index in [0.29, 0.717) is 23.6 Å². The highest BCUT2D eigenvalue weighted by molar-refractivity contribution is 5.91. The summed E-state index contributed by atoms with van der Waals surface area (Å²) in [5.74, 6) is 6.64. The molecule has 0 radical (unpaired) electrons. The normalized spacial score (nSPS) is 25.0. The Bertz CT molecular complexity index is 769. The van der Waals surface area contributed by atoms with Crippen molar-refractivity contribution in [3.05, 3.63) is 59.5 Å². The van der Waals surface area contributed by atoms with E-state index in [1.807, 2.05) is 30.3 Å². The molecule has 0 spiro atoms. The molecule has 4 rings (SSSR count). The zero-order valence-electron chi connectivity index (χ0n) is 12.7. The minimum Gasteiger partial charge on any atom is -0.443 e. The Morgan fingerprint density at radius 3 is 2.74 bits per heavy atom. The van der Waals surface area contributed by atoms with Gasteiger partial charge in [0.2, 0.25) is 0 Å². The molecule has 0 aliphatic carbocycles. The first-order valence-corrected chi connectivity index (χ1v) is 8.02. The van der Waals surface area contributed by atoms with Crippen molar-refractivity contribution in [2.24, 2.45) is 0 Å². The van der Waals surface area contributed by atoms with Gasteiger partial charge in [-0.2, -0.15) is 0 Å². The summed E-state index contributed by atoms with van der Waals surface area (Å²) in [5.41, 5.74) is 0.919. The van der Waals surface area contributed by atoms with Crippen molar-refractivity contribution in [3.8, 4) is 11.8 Å². The number of amides is 1. The number of benzene rings is 1. The second kappa shape index (κ2) is 5.94. The van der Waals surface area contributed by atoms with E-state index in [1.165, 1.54) is 6.42 Å². The summed E-state index contributed by atoms with van der Waals surface area (Å²) in [6.07, 6.45) is 3.37. The van der Waals surface area contributed by atoms with Crippen LogP contribution in [0.3, 0.4) is 0 Å². The van der Waals surface area contributed by atoms with Crippen LogP contribution in [-0.4, -0.2) is 24.0 Å². The number of hydrogen-bond acceptors (Lipinski definition) is 3. The summed E-state index contributed by atoms with van der Waals surface area (Å²) in [4.78, 5) is 12.3. The molecule has 4 heteroatoms. The van der Waals surface area contributed by atoms with Crippen molar-refractivity contribution in [1.82, 2.24) is 10.6 Å². The maximum atomic E-state index is 12.3. The Morgan fingerprint density at radius 1 is 1.13 bits per heavy atom. The molecule has 1 aromatic heterocycles. The van der Waals surface area contributed by atoms with Gasteiger partial charge in [0, 0.05) is 23.7 Å². The Kier molecular flexibility index (Phi) is 3.64. The lowest BCUT2D eigenvalue weighted by Gasteiger charge is -2.20.